The molecule has 0 aliphatic rings. The van der Waals surface area contributed by atoms with E-state index in [1.54, 1.807) is 0 Å². The molecular weight excluding hydrogens is 461 g/mol. The molecule has 2 rings (SSSR count). The molecule has 0 aromatic heterocycles. The lowest BCUT2D eigenvalue weighted by Gasteiger charge is -2.14. The number of carbonyl (C=O) groups excluding carboxylic acids is 1. The first-order valence-corrected chi connectivity index (χ1v) is 8.39. The van der Waals surface area contributed by atoms with Gasteiger partial charge in [0, 0.05) is 9.13 Å². The third kappa shape index (κ3) is 4.36. The van der Waals surface area contributed by atoms with Gasteiger partial charge >= 0.3 is 6.09 Å². The molecule has 0 unspecified atom stereocenters. The van der Waals surface area contributed by atoms with Gasteiger partial charge in [0.25, 0.3) is 0 Å². The van der Waals surface area contributed by atoms with Crippen LogP contribution in [0.5, 0.6) is 5.75 Å². The fraction of sp³-hybridized carbons (Fsp3) is 0.188. The van der Waals surface area contributed by atoms with E-state index in [-0.39, 0.29) is 0 Å². The number of rotatable bonds is 4. The summed E-state index contributed by atoms with van der Waals surface area (Å²) in [6.07, 6.45) is -0.500. The Morgan fingerprint density at radius 2 is 2.09 bits per heavy atom. The van der Waals surface area contributed by atoms with Gasteiger partial charge in [-0.1, -0.05) is 12.1 Å². The molecule has 1 amide bonds. The van der Waals surface area contributed by atoms with E-state index < -0.39 is 6.09 Å². The lowest BCUT2D eigenvalue weighted by molar-refractivity contribution is 0.187. The summed E-state index contributed by atoms with van der Waals surface area (Å²) in [6.45, 7) is 2.37. The van der Waals surface area contributed by atoms with E-state index in [0.29, 0.717) is 12.3 Å². The number of aryl methyl sites for hydroxylation is 1. The molecule has 0 spiro atoms. The molecule has 22 heavy (non-hydrogen) atoms. The average molecular weight is 476 g/mol. The zero-order valence-corrected chi connectivity index (χ0v) is 15.9. The lowest BCUT2D eigenvalue weighted by Crippen LogP contribution is -2.14. The molecule has 0 saturated heterocycles. The van der Waals surface area contributed by atoms with Crippen LogP contribution in [0, 0.1) is 10.5 Å². The van der Waals surface area contributed by atoms with Crippen LogP contribution in [0.4, 0.5) is 10.5 Å². The number of methoxy groups -OCH3 is 1. The second kappa shape index (κ2) is 7.82. The van der Waals surface area contributed by atoms with Crippen molar-refractivity contribution in [3.05, 3.63) is 55.6 Å². The summed E-state index contributed by atoms with van der Waals surface area (Å²) in [7, 11) is 1.34. The summed E-state index contributed by atoms with van der Waals surface area (Å²) < 4.78 is 12.4. The third-order valence-electron chi connectivity index (χ3n) is 3.00. The average Bonchev–Trinajstić information content (AvgIpc) is 2.48. The molecule has 0 aliphatic heterocycles. The van der Waals surface area contributed by atoms with Crippen LogP contribution in [0.3, 0.4) is 0 Å². The van der Waals surface area contributed by atoms with Gasteiger partial charge in [-0.25, -0.2) is 4.79 Å². The van der Waals surface area contributed by atoms with Gasteiger partial charge in [0.1, 0.15) is 12.4 Å². The van der Waals surface area contributed by atoms with Crippen molar-refractivity contribution in [1.82, 2.24) is 0 Å². The van der Waals surface area contributed by atoms with Crippen LogP contribution < -0.4 is 10.1 Å². The summed E-state index contributed by atoms with van der Waals surface area (Å²) in [5.74, 6) is 0.759. The molecule has 0 bridgehead atoms. The number of hydrogen-bond acceptors (Lipinski definition) is 3. The second-order valence-electron chi connectivity index (χ2n) is 4.61. The van der Waals surface area contributed by atoms with Crippen molar-refractivity contribution >= 4 is 50.3 Å². The number of hydrogen-bond donors (Lipinski definition) is 1. The van der Waals surface area contributed by atoms with Crippen LogP contribution in [-0.2, 0) is 11.3 Å². The fourth-order valence-corrected chi connectivity index (χ4v) is 3.12. The number of benzene rings is 2. The maximum Gasteiger partial charge on any atom is 0.411 e. The molecule has 0 heterocycles. The molecule has 0 radical (unpaired) electrons. The third-order valence-corrected chi connectivity index (χ3v) is 4.63. The van der Waals surface area contributed by atoms with Crippen LogP contribution in [-0.4, -0.2) is 13.2 Å². The molecule has 2 aromatic rings. The number of amides is 1. The predicted molar refractivity (Wildman–Crippen MR) is 98.4 cm³/mol. The standard InChI is InChI=1S/C16H15BrINO3/c1-10-6-7-15(12(17)8-10)22-9-11-13(18)4-3-5-14(11)19-16(20)21-2/h3-8H,9H2,1-2H3,(H,19,20). The van der Waals surface area contributed by atoms with Gasteiger partial charge in [-0.2, -0.15) is 0 Å². The fourth-order valence-electron chi connectivity index (χ4n) is 1.86. The first-order valence-electron chi connectivity index (χ1n) is 6.52. The normalized spacial score (nSPS) is 10.2. The molecule has 116 valence electrons. The Kier molecular flexibility index (Phi) is 6.07. The van der Waals surface area contributed by atoms with E-state index in [4.69, 9.17) is 4.74 Å². The predicted octanol–water partition coefficient (Wildman–Crippen LogP) is 5.12. The van der Waals surface area contributed by atoms with Crippen LogP contribution in [0.15, 0.2) is 40.9 Å². The maximum absolute atomic E-state index is 11.4. The van der Waals surface area contributed by atoms with E-state index in [9.17, 15) is 4.79 Å². The van der Waals surface area contributed by atoms with Crippen molar-refractivity contribution in [2.24, 2.45) is 0 Å². The van der Waals surface area contributed by atoms with Crippen LogP contribution in [0.25, 0.3) is 0 Å². The molecule has 1 N–H and O–H groups in total. The molecule has 0 atom stereocenters. The molecule has 2 aromatic carbocycles. The highest BCUT2D eigenvalue weighted by molar-refractivity contribution is 14.1. The minimum Gasteiger partial charge on any atom is -0.488 e. The Morgan fingerprint density at radius 3 is 2.77 bits per heavy atom. The van der Waals surface area contributed by atoms with Crippen molar-refractivity contribution < 1.29 is 14.3 Å². The Labute approximate surface area is 151 Å². The second-order valence-corrected chi connectivity index (χ2v) is 6.62. The van der Waals surface area contributed by atoms with Gasteiger partial charge in [0.15, 0.2) is 0 Å². The van der Waals surface area contributed by atoms with Gasteiger partial charge in [0.05, 0.1) is 17.3 Å². The van der Waals surface area contributed by atoms with E-state index in [2.05, 4.69) is 48.6 Å². The first-order chi connectivity index (χ1) is 10.5. The van der Waals surface area contributed by atoms with E-state index in [1.807, 2.05) is 43.3 Å². The van der Waals surface area contributed by atoms with Crippen molar-refractivity contribution in [2.45, 2.75) is 13.5 Å². The van der Waals surface area contributed by atoms with E-state index >= 15 is 0 Å². The number of carbonyl (C=O) groups is 1. The molecular formula is C16H15BrINO3. The summed E-state index contributed by atoms with van der Waals surface area (Å²) in [5.41, 5.74) is 2.74. The quantitative estimate of drug-likeness (QED) is 0.624. The number of anilines is 1. The van der Waals surface area contributed by atoms with Gasteiger partial charge < -0.3 is 9.47 Å². The molecule has 0 aliphatic carbocycles. The number of nitrogens with one attached hydrogen (secondary N) is 1. The van der Waals surface area contributed by atoms with Gasteiger partial charge in [-0.05, 0) is 75.3 Å². The minimum absolute atomic E-state index is 0.347. The minimum atomic E-state index is -0.500. The molecule has 0 saturated carbocycles. The smallest absolute Gasteiger partial charge is 0.411 e. The Balaban J connectivity index is 2.19. The van der Waals surface area contributed by atoms with Crippen molar-refractivity contribution in [3.8, 4) is 5.75 Å². The van der Waals surface area contributed by atoms with Gasteiger partial charge in [-0.15, -0.1) is 0 Å². The van der Waals surface area contributed by atoms with Crippen LogP contribution in [0.2, 0.25) is 0 Å². The highest BCUT2D eigenvalue weighted by Crippen LogP contribution is 2.29. The SMILES string of the molecule is COC(=O)Nc1cccc(I)c1COc1ccc(C)cc1Br. The first kappa shape index (κ1) is 17.1. The Hall–Kier alpha value is -1.28. The highest BCUT2D eigenvalue weighted by Gasteiger charge is 2.11. The summed E-state index contributed by atoms with van der Waals surface area (Å²) in [4.78, 5) is 11.4. The van der Waals surface area contributed by atoms with E-state index in [0.717, 1.165) is 24.9 Å². The van der Waals surface area contributed by atoms with Gasteiger partial charge in [0.2, 0.25) is 0 Å². The molecule has 4 nitrogen and oxygen atoms in total. The lowest BCUT2D eigenvalue weighted by atomic mass is 10.2. The summed E-state index contributed by atoms with van der Waals surface area (Å²) in [5, 5.41) is 2.70. The van der Waals surface area contributed by atoms with Crippen molar-refractivity contribution in [1.29, 1.82) is 0 Å². The molecule has 6 heteroatoms. The number of ether oxygens (including phenoxy) is 2. The monoisotopic (exact) mass is 475 g/mol. The summed E-state index contributed by atoms with van der Waals surface area (Å²) >= 11 is 5.71. The zero-order valence-electron chi connectivity index (χ0n) is 12.2. The molecule has 0 fully saturated rings. The number of halogens is 2. The van der Waals surface area contributed by atoms with Crippen molar-refractivity contribution in [2.75, 3.05) is 12.4 Å². The van der Waals surface area contributed by atoms with Gasteiger partial charge in [-0.3, -0.25) is 5.32 Å². The maximum atomic E-state index is 11.4. The Morgan fingerprint density at radius 1 is 1.32 bits per heavy atom. The van der Waals surface area contributed by atoms with E-state index in [1.165, 1.54) is 7.11 Å². The highest BCUT2D eigenvalue weighted by atomic mass is 127. The topological polar surface area (TPSA) is 47.6 Å². The van der Waals surface area contributed by atoms with Crippen molar-refractivity contribution in [3.63, 3.8) is 0 Å². The van der Waals surface area contributed by atoms with Crippen LogP contribution >= 0.6 is 38.5 Å². The largest absolute Gasteiger partial charge is 0.488 e. The zero-order chi connectivity index (χ0) is 16.1. The van der Waals surface area contributed by atoms with Crippen LogP contribution in [0.1, 0.15) is 11.1 Å². The Bertz CT molecular complexity index is 691. The summed E-state index contributed by atoms with van der Waals surface area (Å²) in [6, 6.07) is 11.6.